The van der Waals surface area contributed by atoms with Gasteiger partial charge in [0.05, 0.1) is 6.61 Å². The average Bonchev–Trinajstić information content (AvgIpc) is 2.40. The Labute approximate surface area is 127 Å². The standard InChI is InChI=1S/C17H28FNO2/c1-13(2)10-19-11-15-6-5-7-16(18)17(15)21-9-8-20-12-14(3)4/h5-7,13-14,19H,8-12H2,1-4H3. The largest absolute Gasteiger partial charge is 0.488 e. The summed E-state index contributed by atoms with van der Waals surface area (Å²) in [5.41, 5.74) is 0.847. The highest BCUT2D eigenvalue weighted by molar-refractivity contribution is 5.34. The van der Waals surface area contributed by atoms with Crippen molar-refractivity contribution in [1.29, 1.82) is 0 Å². The van der Waals surface area contributed by atoms with Crippen molar-refractivity contribution in [2.75, 3.05) is 26.4 Å². The average molecular weight is 297 g/mol. The van der Waals surface area contributed by atoms with Crippen LogP contribution in [0.25, 0.3) is 0 Å². The van der Waals surface area contributed by atoms with Gasteiger partial charge >= 0.3 is 0 Å². The van der Waals surface area contributed by atoms with E-state index in [0.717, 1.165) is 12.1 Å². The van der Waals surface area contributed by atoms with Crippen LogP contribution in [0.3, 0.4) is 0 Å². The summed E-state index contributed by atoms with van der Waals surface area (Å²) in [6, 6.07) is 5.03. The molecule has 0 aliphatic carbocycles. The van der Waals surface area contributed by atoms with E-state index >= 15 is 0 Å². The highest BCUT2D eigenvalue weighted by Gasteiger charge is 2.10. The van der Waals surface area contributed by atoms with Crippen LogP contribution >= 0.6 is 0 Å². The zero-order valence-electron chi connectivity index (χ0n) is 13.6. The van der Waals surface area contributed by atoms with E-state index in [4.69, 9.17) is 9.47 Å². The van der Waals surface area contributed by atoms with Crippen LogP contribution in [-0.4, -0.2) is 26.4 Å². The van der Waals surface area contributed by atoms with Gasteiger partial charge in [-0.15, -0.1) is 0 Å². The molecule has 4 heteroatoms. The van der Waals surface area contributed by atoms with Crippen molar-refractivity contribution >= 4 is 0 Å². The van der Waals surface area contributed by atoms with E-state index in [1.807, 2.05) is 6.07 Å². The third-order valence-corrected chi connectivity index (χ3v) is 2.84. The molecule has 0 aromatic heterocycles. The van der Waals surface area contributed by atoms with Crippen LogP contribution < -0.4 is 10.1 Å². The Balaban J connectivity index is 2.47. The Hall–Kier alpha value is -1.13. The van der Waals surface area contributed by atoms with Crippen molar-refractivity contribution in [3.63, 3.8) is 0 Å². The number of hydrogen-bond acceptors (Lipinski definition) is 3. The van der Waals surface area contributed by atoms with Crippen LogP contribution in [-0.2, 0) is 11.3 Å². The van der Waals surface area contributed by atoms with Crippen LogP contribution in [0, 0.1) is 17.7 Å². The monoisotopic (exact) mass is 297 g/mol. The first-order chi connectivity index (χ1) is 10.0. The summed E-state index contributed by atoms with van der Waals surface area (Å²) >= 11 is 0. The lowest BCUT2D eigenvalue weighted by atomic mass is 10.1. The molecule has 0 spiro atoms. The second kappa shape index (κ2) is 9.74. The second-order valence-corrected chi connectivity index (χ2v) is 6.07. The van der Waals surface area contributed by atoms with E-state index in [1.54, 1.807) is 6.07 Å². The van der Waals surface area contributed by atoms with Crippen LogP contribution in [0.2, 0.25) is 0 Å². The zero-order valence-corrected chi connectivity index (χ0v) is 13.6. The lowest BCUT2D eigenvalue weighted by molar-refractivity contribution is 0.0804. The van der Waals surface area contributed by atoms with Crippen LogP contribution in [0.4, 0.5) is 4.39 Å². The van der Waals surface area contributed by atoms with Gasteiger partial charge < -0.3 is 14.8 Å². The number of hydrogen-bond donors (Lipinski definition) is 1. The summed E-state index contributed by atoms with van der Waals surface area (Å²) in [5.74, 6) is 1.08. The van der Waals surface area contributed by atoms with Gasteiger partial charge in [0, 0.05) is 18.7 Å². The topological polar surface area (TPSA) is 30.5 Å². The van der Waals surface area contributed by atoms with E-state index in [-0.39, 0.29) is 5.82 Å². The smallest absolute Gasteiger partial charge is 0.165 e. The van der Waals surface area contributed by atoms with Gasteiger partial charge in [-0.3, -0.25) is 0 Å². The van der Waals surface area contributed by atoms with E-state index < -0.39 is 0 Å². The predicted octanol–water partition coefficient (Wildman–Crippen LogP) is 3.62. The fourth-order valence-electron chi connectivity index (χ4n) is 1.87. The minimum Gasteiger partial charge on any atom is -0.488 e. The highest BCUT2D eigenvalue weighted by atomic mass is 19.1. The minimum atomic E-state index is -0.317. The Morgan fingerprint density at radius 1 is 1.10 bits per heavy atom. The van der Waals surface area contributed by atoms with Gasteiger partial charge in [0.1, 0.15) is 6.61 Å². The molecule has 1 aromatic carbocycles. The van der Waals surface area contributed by atoms with Gasteiger partial charge in [-0.25, -0.2) is 4.39 Å². The van der Waals surface area contributed by atoms with Crippen LogP contribution in [0.5, 0.6) is 5.75 Å². The first-order valence-corrected chi connectivity index (χ1v) is 7.69. The minimum absolute atomic E-state index is 0.317. The molecule has 0 unspecified atom stereocenters. The quantitative estimate of drug-likeness (QED) is 0.669. The Bertz CT molecular complexity index is 408. The summed E-state index contributed by atoms with van der Waals surface area (Å²) in [5, 5.41) is 3.31. The fraction of sp³-hybridized carbons (Fsp3) is 0.647. The zero-order chi connectivity index (χ0) is 15.7. The van der Waals surface area contributed by atoms with E-state index in [1.165, 1.54) is 6.07 Å². The molecule has 0 radical (unpaired) electrons. The fourth-order valence-corrected chi connectivity index (χ4v) is 1.87. The number of halogens is 1. The molecule has 0 heterocycles. The third kappa shape index (κ3) is 7.44. The normalized spacial score (nSPS) is 11.4. The van der Waals surface area contributed by atoms with Gasteiger partial charge in [0.25, 0.3) is 0 Å². The summed E-state index contributed by atoms with van der Waals surface area (Å²) in [6.45, 7) is 11.5. The van der Waals surface area contributed by atoms with Crippen molar-refractivity contribution in [1.82, 2.24) is 5.32 Å². The molecule has 21 heavy (non-hydrogen) atoms. The molecular formula is C17H28FNO2. The summed E-state index contributed by atoms with van der Waals surface area (Å²) in [6.07, 6.45) is 0. The lowest BCUT2D eigenvalue weighted by Gasteiger charge is -2.14. The van der Waals surface area contributed by atoms with Gasteiger partial charge in [-0.05, 0) is 24.4 Å². The van der Waals surface area contributed by atoms with Gasteiger partial charge in [0.15, 0.2) is 11.6 Å². The first kappa shape index (κ1) is 17.9. The number of nitrogens with one attached hydrogen (secondary N) is 1. The molecule has 0 saturated heterocycles. The summed E-state index contributed by atoms with van der Waals surface area (Å²) < 4.78 is 24.9. The van der Waals surface area contributed by atoms with Gasteiger partial charge in [-0.2, -0.15) is 0 Å². The Morgan fingerprint density at radius 2 is 1.86 bits per heavy atom. The maximum atomic E-state index is 13.9. The van der Waals surface area contributed by atoms with E-state index in [9.17, 15) is 4.39 Å². The number of rotatable bonds is 10. The molecule has 1 aromatic rings. The van der Waals surface area contributed by atoms with Crippen molar-refractivity contribution in [2.45, 2.75) is 34.2 Å². The maximum absolute atomic E-state index is 13.9. The molecule has 120 valence electrons. The molecule has 0 aliphatic rings. The predicted molar refractivity (Wildman–Crippen MR) is 84.1 cm³/mol. The Morgan fingerprint density at radius 3 is 2.52 bits per heavy atom. The van der Waals surface area contributed by atoms with Gasteiger partial charge in [0.2, 0.25) is 0 Å². The van der Waals surface area contributed by atoms with Gasteiger partial charge in [-0.1, -0.05) is 39.8 Å². The molecule has 1 N–H and O–H groups in total. The molecule has 3 nitrogen and oxygen atoms in total. The molecule has 1 rings (SSSR count). The Kier molecular flexibility index (Phi) is 8.31. The SMILES string of the molecule is CC(C)CNCc1cccc(F)c1OCCOCC(C)C. The number of para-hydroxylation sites is 1. The molecular weight excluding hydrogens is 269 g/mol. The van der Waals surface area contributed by atoms with Crippen molar-refractivity contribution in [3.8, 4) is 5.75 Å². The van der Waals surface area contributed by atoms with Crippen molar-refractivity contribution < 1.29 is 13.9 Å². The number of benzene rings is 1. The lowest BCUT2D eigenvalue weighted by Crippen LogP contribution is -2.20. The van der Waals surface area contributed by atoms with Crippen LogP contribution in [0.1, 0.15) is 33.3 Å². The summed E-state index contributed by atoms with van der Waals surface area (Å²) in [7, 11) is 0. The molecule has 0 bridgehead atoms. The molecule has 0 aliphatic heterocycles. The van der Waals surface area contributed by atoms with E-state index in [2.05, 4.69) is 33.0 Å². The summed E-state index contributed by atoms with van der Waals surface area (Å²) in [4.78, 5) is 0. The third-order valence-electron chi connectivity index (χ3n) is 2.84. The van der Waals surface area contributed by atoms with Crippen molar-refractivity contribution in [3.05, 3.63) is 29.6 Å². The first-order valence-electron chi connectivity index (χ1n) is 7.69. The van der Waals surface area contributed by atoms with E-state index in [0.29, 0.717) is 44.0 Å². The molecule has 0 fully saturated rings. The maximum Gasteiger partial charge on any atom is 0.165 e. The van der Waals surface area contributed by atoms with Crippen molar-refractivity contribution in [2.24, 2.45) is 11.8 Å². The van der Waals surface area contributed by atoms with Crippen LogP contribution in [0.15, 0.2) is 18.2 Å². The molecule has 0 amide bonds. The second-order valence-electron chi connectivity index (χ2n) is 6.07. The molecule has 0 atom stereocenters. The number of ether oxygens (including phenoxy) is 2. The highest BCUT2D eigenvalue weighted by Crippen LogP contribution is 2.22. The molecule has 0 saturated carbocycles.